The lowest BCUT2D eigenvalue weighted by Crippen LogP contribution is -2.50. The molecule has 1 saturated heterocycles. The van der Waals surface area contributed by atoms with Crippen LogP contribution in [0.25, 0.3) is 0 Å². The number of allylic oxidation sites excluding steroid dienone is 1. The molecule has 0 spiro atoms. The van der Waals surface area contributed by atoms with Gasteiger partial charge in [-0.25, -0.2) is 0 Å². The molecule has 1 aromatic rings. The number of aryl methyl sites for hydroxylation is 1. The fraction of sp³-hybridized carbons (Fsp3) is 0.588. The SMILES string of the molecule is CC(C)=CCO[C@H]1CCOC[C@H]1NC(=O)CCn1cccc1. The summed E-state index contributed by atoms with van der Waals surface area (Å²) in [6.45, 7) is 6.59. The molecule has 2 rings (SSSR count). The Morgan fingerprint density at radius 3 is 2.91 bits per heavy atom. The van der Waals surface area contributed by atoms with Crippen LogP contribution in [0.4, 0.5) is 0 Å². The van der Waals surface area contributed by atoms with Gasteiger partial charge in [0.05, 0.1) is 25.4 Å². The van der Waals surface area contributed by atoms with E-state index in [4.69, 9.17) is 9.47 Å². The predicted octanol–water partition coefficient (Wildman–Crippen LogP) is 2.13. The van der Waals surface area contributed by atoms with E-state index < -0.39 is 0 Å². The van der Waals surface area contributed by atoms with Crippen molar-refractivity contribution in [2.45, 2.75) is 45.4 Å². The van der Waals surface area contributed by atoms with Crippen molar-refractivity contribution in [3.05, 3.63) is 36.2 Å². The summed E-state index contributed by atoms with van der Waals surface area (Å²) in [4.78, 5) is 12.1. The molecule has 1 fully saturated rings. The Morgan fingerprint density at radius 1 is 1.41 bits per heavy atom. The second kappa shape index (κ2) is 8.76. The molecule has 1 aliphatic heterocycles. The molecular weight excluding hydrogens is 280 g/mol. The second-order valence-corrected chi connectivity index (χ2v) is 5.86. The molecule has 2 atom stereocenters. The summed E-state index contributed by atoms with van der Waals surface area (Å²) in [5, 5.41) is 3.05. The highest BCUT2D eigenvalue weighted by atomic mass is 16.5. The molecule has 1 amide bonds. The lowest BCUT2D eigenvalue weighted by molar-refractivity contribution is -0.126. The van der Waals surface area contributed by atoms with Crippen LogP contribution < -0.4 is 5.32 Å². The molecule has 0 saturated carbocycles. The van der Waals surface area contributed by atoms with Crippen molar-refractivity contribution in [3.63, 3.8) is 0 Å². The van der Waals surface area contributed by atoms with E-state index in [1.807, 2.05) is 42.9 Å². The van der Waals surface area contributed by atoms with Crippen LogP contribution in [0.15, 0.2) is 36.2 Å². The first-order valence-electron chi connectivity index (χ1n) is 7.88. The van der Waals surface area contributed by atoms with Crippen LogP contribution in [0.5, 0.6) is 0 Å². The number of hydrogen-bond donors (Lipinski definition) is 1. The summed E-state index contributed by atoms with van der Waals surface area (Å²) in [5.41, 5.74) is 1.24. The molecule has 0 radical (unpaired) electrons. The smallest absolute Gasteiger partial charge is 0.222 e. The minimum absolute atomic E-state index is 0.0277. The lowest BCUT2D eigenvalue weighted by Gasteiger charge is -2.32. The van der Waals surface area contributed by atoms with Crippen LogP contribution >= 0.6 is 0 Å². The molecule has 122 valence electrons. The Kier molecular flexibility index (Phi) is 6.68. The van der Waals surface area contributed by atoms with Crippen molar-refractivity contribution in [1.82, 2.24) is 9.88 Å². The number of nitrogens with one attached hydrogen (secondary N) is 1. The average molecular weight is 306 g/mol. The van der Waals surface area contributed by atoms with Gasteiger partial charge in [-0.2, -0.15) is 0 Å². The molecule has 22 heavy (non-hydrogen) atoms. The van der Waals surface area contributed by atoms with E-state index in [2.05, 4.69) is 11.4 Å². The molecule has 5 heteroatoms. The lowest BCUT2D eigenvalue weighted by atomic mass is 10.1. The van der Waals surface area contributed by atoms with Crippen LogP contribution in [-0.4, -0.2) is 42.4 Å². The molecule has 0 bridgehead atoms. The van der Waals surface area contributed by atoms with E-state index in [1.165, 1.54) is 5.57 Å². The zero-order valence-corrected chi connectivity index (χ0v) is 13.5. The quantitative estimate of drug-likeness (QED) is 0.785. The fourth-order valence-corrected chi connectivity index (χ4v) is 2.42. The molecule has 0 aliphatic carbocycles. The standard InChI is InChI=1S/C17H26N2O3/c1-14(2)6-12-22-16-7-11-21-13-15(16)18-17(20)5-10-19-8-3-4-9-19/h3-4,6,8-9,15-16H,5,7,10-13H2,1-2H3,(H,18,20)/t15-,16+/m1/s1. The van der Waals surface area contributed by atoms with Crippen molar-refractivity contribution < 1.29 is 14.3 Å². The highest BCUT2D eigenvalue weighted by Gasteiger charge is 2.27. The molecule has 1 N–H and O–H groups in total. The van der Waals surface area contributed by atoms with Gasteiger partial charge in [0.2, 0.25) is 5.91 Å². The third-order valence-electron chi connectivity index (χ3n) is 3.70. The summed E-state index contributed by atoms with van der Waals surface area (Å²) in [6.07, 6.45) is 7.29. The number of aromatic nitrogens is 1. The van der Waals surface area contributed by atoms with E-state index in [0.717, 1.165) is 6.42 Å². The van der Waals surface area contributed by atoms with Gasteiger partial charge < -0.3 is 19.4 Å². The normalized spacial score (nSPS) is 21.4. The maximum atomic E-state index is 12.1. The van der Waals surface area contributed by atoms with E-state index in [9.17, 15) is 4.79 Å². The van der Waals surface area contributed by atoms with Gasteiger partial charge in [-0.3, -0.25) is 4.79 Å². The Labute approximate surface area is 132 Å². The minimum atomic E-state index is -0.0588. The largest absolute Gasteiger partial charge is 0.379 e. The summed E-state index contributed by atoms with van der Waals surface area (Å²) < 4.78 is 13.4. The topological polar surface area (TPSA) is 52.5 Å². The van der Waals surface area contributed by atoms with Crippen molar-refractivity contribution >= 4 is 5.91 Å². The van der Waals surface area contributed by atoms with Crippen molar-refractivity contribution in [3.8, 4) is 0 Å². The Hall–Kier alpha value is -1.59. The van der Waals surface area contributed by atoms with E-state index >= 15 is 0 Å². The number of carbonyl (C=O) groups is 1. The van der Waals surface area contributed by atoms with Gasteiger partial charge >= 0.3 is 0 Å². The Balaban J connectivity index is 1.77. The van der Waals surface area contributed by atoms with Crippen molar-refractivity contribution in [1.29, 1.82) is 0 Å². The third kappa shape index (κ3) is 5.66. The van der Waals surface area contributed by atoms with Crippen LogP contribution in [0.1, 0.15) is 26.7 Å². The number of ether oxygens (including phenoxy) is 2. The molecule has 1 aromatic heterocycles. The Morgan fingerprint density at radius 2 is 2.18 bits per heavy atom. The van der Waals surface area contributed by atoms with Gasteiger partial charge in [-0.1, -0.05) is 11.6 Å². The van der Waals surface area contributed by atoms with Crippen LogP contribution in [0, 0.1) is 0 Å². The molecule has 5 nitrogen and oxygen atoms in total. The second-order valence-electron chi connectivity index (χ2n) is 5.86. The molecule has 2 heterocycles. The first kappa shape index (κ1) is 16.8. The molecule has 1 aliphatic rings. The van der Waals surface area contributed by atoms with E-state index in [0.29, 0.717) is 32.8 Å². The van der Waals surface area contributed by atoms with Gasteiger partial charge in [0.1, 0.15) is 0 Å². The van der Waals surface area contributed by atoms with Gasteiger partial charge in [-0.05, 0) is 32.4 Å². The maximum absolute atomic E-state index is 12.1. The first-order valence-corrected chi connectivity index (χ1v) is 7.88. The number of carbonyl (C=O) groups excluding carboxylic acids is 1. The van der Waals surface area contributed by atoms with E-state index in [-0.39, 0.29) is 18.1 Å². The predicted molar refractivity (Wildman–Crippen MR) is 85.6 cm³/mol. The van der Waals surface area contributed by atoms with Crippen LogP contribution in [-0.2, 0) is 20.8 Å². The first-order chi connectivity index (χ1) is 10.6. The molecular formula is C17H26N2O3. The van der Waals surface area contributed by atoms with Gasteiger partial charge in [0.25, 0.3) is 0 Å². The minimum Gasteiger partial charge on any atom is -0.379 e. The van der Waals surface area contributed by atoms with Gasteiger partial charge in [0.15, 0.2) is 0 Å². The summed E-state index contributed by atoms with van der Waals surface area (Å²) in [7, 11) is 0. The number of nitrogens with zero attached hydrogens (tertiary/aromatic N) is 1. The van der Waals surface area contributed by atoms with Crippen molar-refractivity contribution in [2.24, 2.45) is 0 Å². The van der Waals surface area contributed by atoms with Crippen molar-refractivity contribution in [2.75, 3.05) is 19.8 Å². The Bertz CT molecular complexity index is 478. The van der Waals surface area contributed by atoms with Gasteiger partial charge in [0, 0.05) is 32.0 Å². The zero-order valence-electron chi connectivity index (χ0n) is 13.5. The summed E-state index contributed by atoms with van der Waals surface area (Å²) >= 11 is 0. The zero-order chi connectivity index (χ0) is 15.8. The van der Waals surface area contributed by atoms with E-state index in [1.54, 1.807) is 0 Å². The average Bonchev–Trinajstić information content (AvgIpc) is 3.00. The molecule has 0 unspecified atom stereocenters. The van der Waals surface area contributed by atoms with Gasteiger partial charge in [-0.15, -0.1) is 0 Å². The molecule has 0 aromatic carbocycles. The van der Waals surface area contributed by atoms with Crippen LogP contribution in [0.3, 0.4) is 0 Å². The number of rotatable bonds is 7. The highest BCUT2D eigenvalue weighted by molar-refractivity contribution is 5.76. The maximum Gasteiger partial charge on any atom is 0.222 e. The fourth-order valence-electron chi connectivity index (χ4n) is 2.42. The third-order valence-corrected chi connectivity index (χ3v) is 3.70. The monoisotopic (exact) mass is 306 g/mol. The number of amides is 1. The summed E-state index contributed by atoms with van der Waals surface area (Å²) in [5.74, 6) is 0.0417. The number of hydrogen-bond acceptors (Lipinski definition) is 3. The summed E-state index contributed by atoms with van der Waals surface area (Å²) in [6, 6.07) is 3.86. The van der Waals surface area contributed by atoms with Crippen LogP contribution in [0.2, 0.25) is 0 Å². The highest BCUT2D eigenvalue weighted by Crippen LogP contribution is 2.12.